The van der Waals surface area contributed by atoms with Gasteiger partial charge >= 0.3 is 0 Å². The van der Waals surface area contributed by atoms with Gasteiger partial charge in [0.1, 0.15) is 0 Å². The molecule has 1 aliphatic heterocycles. The van der Waals surface area contributed by atoms with Crippen LogP contribution in [0.5, 0.6) is 0 Å². The summed E-state index contributed by atoms with van der Waals surface area (Å²) in [4.78, 5) is 10.9. The van der Waals surface area contributed by atoms with Crippen LogP contribution in [0.3, 0.4) is 0 Å². The Labute approximate surface area is 54.6 Å². The summed E-state index contributed by atoms with van der Waals surface area (Å²) < 4.78 is 0. The first-order valence-electron chi connectivity index (χ1n) is 3.12. The minimum Gasteiger partial charge on any atom is -0.354 e. The first-order chi connectivity index (χ1) is 4.05. The second kappa shape index (κ2) is 1.70. The van der Waals surface area contributed by atoms with Crippen molar-refractivity contribution in [2.45, 2.75) is 19.4 Å². The van der Waals surface area contributed by atoms with Gasteiger partial charge in [-0.05, 0) is 6.92 Å². The monoisotopic (exact) mass is 128 g/mol. The Morgan fingerprint density at radius 3 is 2.56 bits per heavy atom. The number of rotatable bonds is 0. The average molecular weight is 128 g/mol. The lowest BCUT2D eigenvalue weighted by Gasteiger charge is -2.18. The third-order valence-corrected chi connectivity index (χ3v) is 2.08. The van der Waals surface area contributed by atoms with Crippen LogP contribution in [0.15, 0.2) is 0 Å². The molecule has 2 atom stereocenters. The third kappa shape index (κ3) is 0.812. The molecule has 0 aliphatic carbocycles. The number of nitrogens with one attached hydrogen (secondary N) is 1. The molecular weight excluding hydrogens is 116 g/mol. The summed E-state index contributed by atoms with van der Waals surface area (Å²) in [6.45, 7) is 4.45. The van der Waals surface area contributed by atoms with E-state index in [0.29, 0.717) is 6.54 Å². The molecule has 1 aliphatic rings. The number of carbonyl (C=O) groups is 1. The van der Waals surface area contributed by atoms with Crippen LogP contribution in [0.25, 0.3) is 0 Å². The van der Waals surface area contributed by atoms with Gasteiger partial charge < -0.3 is 11.1 Å². The van der Waals surface area contributed by atoms with Gasteiger partial charge in [0.15, 0.2) is 0 Å². The number of nitrogens with two attached hydrogens (primary N) is 1. The van der Waals surface area contributed by atoms with Gasteiger partial charge in [-0.15, -0.1) is 0 Å². The van der Waals surface area contributed by atoms with E-state index in [1.165, 1.54) is 0 Å². The molecule has 1 fully saturated rings. The van der Waals surface area contributed by atoms with Gasteiger partial charge in [-0.1, -0.05) is 6.92 Å². The Hall–Kier alpha value is -0.570. The molecule has 3 nitrogen and oxygen atoms in total. The predicted molar refractivity (Wildman–Crippen MR) is 34.8 cm³/mol. The van der Waals surface area contributed by atoms with Crippen molar-refractivity contribution < 1.29 is 4.79 Å². The molecule has 3 heteroatoms. The minimum atomic E-state index is -0.639. The van der Waals surface area contributed by atoms with Crippen LogP contribution < -0.4 is 11.1 Å². The van der Waals surface area contributed by atoms with Gasteiger partial charge in [-0.25, -0.2) is 0 Å². The second-order valence-corrected chi connectivity index (χ2v) is 2.89. The first kappa shape index (κ1) is 6.55. The van der Waals surface area contributed by atoms with Crippen molar-refractivity contribution in [1.82, 2.24) is 5.32 Å². The summed E-state index contributed by atoms with van der Waals surface area (Å²) in [6.07, 6.45) is 0. The minimum absolute atomic E-state index is 0.0324. The molecule has 1 saturated heterocycles. The highest BCUT2D eigenvalue weighted by Crippen LogP contribution is 2.18. The molecule has 0 bridgehead atoms. The van der Waals surface area contributed by atoms with Crippen molar-refractivity contribution >= 4 is 5.91 Å². The largest absolute Gasteiger partial charge is 0.354 e. The molecule has 3 N–H and O–H groups in total. The molecule has 1 heterocycles. The zero-order valence-electron chi connectivity index (χ0n) is 5.77. The number of amides is 1. The zero-order chi connectivity index (χ0) is 7.07. The van der Waals surface area contributed by atoms with E-state index in [9.17, 15) is 4.79 Å². The summed E-state index contributed by atoms with van der Waals surface area (Å²) in [5.74, 6) is 0.222. The van der Waals surface area contributed by atoms with Crippen molar-refractivity contribution in [2.24, 2.45) is 11.7 Å². The second-order valence-electron chi connectivity index (χ2n) is 2.89. The van der Waals surface area contributed by atoms with E-state index in [2.05, 4.69) is 5.32 Å². The molecule has 0 saturated carbocycles. The highest BCUT2D eigenvalue weighted by Gasteiger charge is 2.39. The Morgan fingerprint density at radius 1 is 1.89 bits per heavy atom. The molecule has 52 valence electrons. The van der Waals surface area contributed by atoms with Crippen LogP contribution in [0.1, 0.15) is 13.8 Å². The van der Waals surface area contributed by atoms with E-state index in [0.717, 1.165) is 0 Å². The topological polar surface area (TPSA) is 55.1 Å². The fraction of sp³-hybridized carbons (Fsp3) is 0.833. The maximum absolute atomic E-state index is 10.9. The highest BCUT2D eigenvalue weighted by molar-refractivity contribution is 5.88. The molecule has 0 aromatic carbocycles. The van der Waals surface area contributed by atoms with Crippen molar-refractivity contribution in [1.29, 1.82) is 0 Å². The van der Waals surface area contributed by atoms with Crippen LogP contribution in [0.4, 0.5) is 0 Å². The number of hydrogen-bond donors (Lipinski definition) is 2. The zero-order valence-corrected chi connectivity index (χ0v) is 5.77. The van der Waals surface area contributed by atoms with Crippen molar-refractivity contribution in [3.05, 3.63) is 0 Å². The lowest BCUT2D eigenvalue weighted by Crippen LogP contribution is -2.47. The van der Waals surface area contributed by atoms with Gasteiger partial charge in [0, 0.05) is 12.5 Å². The molecule has 0 unspecified atom stereocenters. The fourth-order valence-corrected chi connectivity index (χ4v) is 0.872. The molecular formula is C6H12N2O. The van der Waals surface area contributed by atoms with E-state index < -0.39 is 5.54 Å². The molecule has 0 aromatic heterocycles. The third-order valence-electron chi connectivity index (χ3n) is 2.08. The fourth-order valence-electron chi connectivity index (χ4n) is 0.872. The molecule has 0 aromatic rings. The molecule has 0 radical (unpaired) electrons. The summed E-state index contributed by atoms with van der Waals surface area (Å²) >= 11 is 0. The lowest BCUT2D eigenvalue weighted by molar-refractivity contribution is -0.123. The number of hydrogen-bond acceptors (Lipinski definition) is 2. The molecule has 0 spiro atoms. The lowest BCUT2D eigenvalue weighted by atomic mass is 9.92. The van der Waals surface area contributed by atoms with Gasteiger partial charge in [0.2, 0.25) is 5.91 Å². The Bertz CT molecular complexity index is 142. The van der Waals surface area contributed by atoms with E-state index >= 15 is 0 Å². The van der Waals surface area contributed by atoms with Crippen molar-refractivity contribution in [2.75, 3.05) is 6.54 Å². The van der Waals surface area contributed by atoms with E-state index in [1.807, 2.05) is 6.92 Å². The highest BCUT2D eigenvalue weighted by atomic mass is 16.2. The SMILES string of the molecule is C[C@@H]1CNC(=O)[C@@]1(C)N. The van der Waals surface area contributed by atoms with Crippen LogP contribution in [-0.4, -0.2) is 18.0 Å². The van der Waals surface area contributed by atoms with E-state index in [4.69, 9.17) is 5.73 Å². The number of carbonyl (C=O) groups excluding carboxylic acids is 1. The Morgan fingerprint density at radius 2 is 2.44 bits per heavy atom. The first-order valence-corrected chi connectivity index (χ1v) is 3.12. The smallest absolute Gasteiger partial charge is 0.240 e. The quantitative estimate of drug-likeness (QED) is 0.461. The molecule has 1 rings (SSSR count). The molecule has 9 heavy (non-hydrogen) atoms. The van der Waals surface area contributed by atoms with Crippen molar-refractivity contribution in [3.63, 3.8) is 0 Å². The summed E-state index contributed by atoms with van der Waals surface area (Å²) in [6, 6.07) is 0. The maximum atomic E-state index is 10.9. The van der Waals surface area contributed by atoms with E-state index in [-0.39, 0.29) is 11.8 Å². The summed E-state index contributed by atoms with van der Waals surface area (Å²) in [5, 5.41) is 2.70. The predicted octanol–water partition coefficient (Wildman–Crippen LogP) is -0.530. The van der Waals surface area contributed by atoms with Crippen LogP contribution in [-0.2, 0) is 4.79 Å². The summed E-state index contributed by atoms with van der Waals surface area (Å²) in [5.41, 5.74) is 5.01. The normalized spacial score (nSPS) is 43.0. The van der Waals surface area contributed by atoms with Crippen LogP contribution in [0, 0.1) is 5.92 Å². The van der Waals surface area contributed by atoms with Crippen LogP contribution in [0.2, 0.25) is 0 Å². The maximum Gasteiger partial charge on any atom is 0.240 e. The Balaban J connectivity index is 2.78. The summed E-state index contributed by atoms with van der Waals surface area (Å²) in [7, 11) is 0. The standard InChI is InChI=1S/C6H12N2O/c1-4-3-8-5(9)6(4,2)7/h4H,3,7H2,1-2H3,(H,8,9)/t4-,6+/m1/s1. The van der Waals surface area contributed by atoms with Gasteiger partial charge in [0.05, 0.1) is 5.54 Å². The van der Waals surface area contributed by atoms with Crippen LogP contribution >= 0.6 is 0 Å². The molecule has 1 amide bonds. The van der Waals surface area contributed by atoms with Gasteiger partial charge in [-0.3, -0.25) is 4.79 Å². The Kier molecular flexibility index (Phi) is 1.24. The van der Waals surface area contributed by atoms with E-state index in [1.54, 1.807) is 6.92 Å². The van der Waals surface area contributed by atoms with Crippen molar-refractivity contribution in [3.8, 4) is 0 Å². The van der Waals surface area contributed by atoms with Gasteiger partial charge in [0.25, 0.3) is 0 Å². The average Bonchev–Trinajstić information content (AvgIpc) is 1.96. The van der Waals surface area contributed by atoms with Gasteiger partial charge in [-0.2, -0.15) is 0 Å².